The maximum absolute atomic E-state index is 12.5. The molecule has 1 N–H and O–H groups in total. The van der Waals surface area contributed by atoms with Gasteiger partial charge < -0.3 is 5.32 Å². The van der Waals surface area contributed by atoms with Crippen molar-refractivity contribution >= 4 is 5.91 Å². The van der Waals surface area contributed by atoms with Gasteiger partial charge in [0.2, 0.25) is 5.91 Å². The second kappa shape index (κ2) is 3.91. The van der Waals surface area contributed by atoms with E-state index in [1.165, 1.54) is 0 Å². The van der Waals surface area contributed by atoms with E-state index in [9.17, 15) is 13.6 Å². The molecule has 2 aliphatic carbocycles. The Labute approximate surface area is 87.7 Å². The molecule has 1 saturated carbocycles. The predicted molar refractivity (Wildman–Crippen MR) is 52.5 cm³/mol. The quantitative estimate of drug-likeness (QED) is 0.718. The molecule has 4 heteroatoms. The number of halogens is 2. The van der Waals surface area contributed by atoms with E-state index in [4.69, 9.17) is 0 Å². The number of hydrogen-bond acceptors (Lipinski definition) is 1. The van der Waals surface area contributed by atoms with Gasteiger partial charge in [-0.15, -0.1) is 0 Å². The smallest absolute Gasteiger partial charge is 0.260 e. The van der Waals surface area contributed by atoms with E-state index >= 15 is 0 Å². The fourth-order valence-corrected chi connectivity index (χ4v) is 1.91. The average molecular weight is 215 g/mol. The number of amides is 1. The minimum Gasteiger partial charge on any atom is -0.355 e. The van der Waals surface area contributed by atoms with Crippen molar-refractivity contribution in [2.75, 3.05) is 6.54 Å². The lowest BCUT2D eigenvalue weighted by atomic mass is 9.94. The molecule has 1 fully saturated rings. The van der Waals surface area contributed by atoms with Gasteiger partial charge in [0.25, 0.3) is 5.92 Å². The maximum atomic E-state index is 12.5. The van der Waals surface area contributed by atoms with Gasteiger partial charge >= 0.3 is 0 Å². The number of carbonyl (C=O) groups excluding carboxylic acids is 1. The largest absolute Gasteiger partial charge is 0.355 e. The Kier molecular flexibility index (Phi) is 2.76. The third-order valence-electron chi connectivity index (χ3n) is 3.09. The average Bonchev–Trinajstić information content (AvgIpc) is 2.86. The zero-order valence-corrected chi connectivity index (χ0v) is 8.51. The molecule has 0 saturated heterocycles. The third-order valence-corrected chi connectivity index (χ3v) is 3.09. The van der Waals surface area contributed by atoms with Crippen LogP contribution in [0.3, 0.4) is 0 Å². The second-order valence-electron chi connectivity index (χ2n) is 4.41. The van der Waals surface area contributed by atoms with E-state index < -0.39 is 17.7 Å². The van der Waals surface area contributed by atoms with Crippen molar-refractivity contribution in [3.63, 3.8) is 0 Å². The molecular weight excluding hydrogens is 200 g/mol. The van der Waals surface area contributed by atoms with Crippen molar-refractivity contribution in [1.82, 2.24) is 5.32 Å². The fourth-order valence-electron chi connectivity index (χ4n) is 1.91. The number of carbonyl (C=O) groups is 1. The summed E-state index contributed by atoms with van der Waals surface area (Å²) >= 11 is 0. The molecule has 2 unspecified atom stereocenters. The molecule has 0 aromatic heterocycles. The van der Waals surface area contributed by atoms with Crippen LogP contribution in [0.1, 0.15) is 25.7 Å². The van der Waals surface area contributed by atoms with Gasteiger partial charge in [-0.2, -0.15) is 0 Å². The molecule has 84 valence electrons. The molecule has 0 radical (unpaired) electrons. The predicted octanol–water partition coefficient (Wildman–Crippen LogP) is 2.11. The van der Waals surface area contributed by atoms with Crippen LogP contribution in [0, 0.1) is 11.8 Å². The summed E-state index contributed by atoms with van der Waals surface area (Å²) in [7, 11) is 0. The van der Waals surface area contributed by atoms with Crippen LogP contribution in [0.25, 0.3) is 0 Å². The lowest BCUT2D eigenvalue weighted by Gasteiger charge is -2.17. The minimum atomic E-state index is -2.74. The van der Waals surface area contributed by atoms with Gasteiger partial charge in [0.05, 0.1) is 0 Å². The van der Waals surface area contributed by atoms with Gasteiger partial charge in [-0.3, -0.25) is 4.79 Å². The van der Waals surface area contributed by atoms with E-state index in [1.54, 1.807) is 0 Å². The van der Waals surface area contributed by atoms with Crippen molar-refractivity contribution in [2.24, 2.45) is 11.8 Å². The van der Waals surface area contributed by atoms with Crippen LogP contribution in [0.5, 0.6) is 0 Å². The van der Waals surface area contributed by atoms with Gasteiger partial charge in [-0.25, -0.2) is 8.78 Å². The first kappa shape index (κ1) is 10.6. The van der Waals surface area contributed by atoms with Crippen molar-refractivity contribution in [2.45, 2.75) is 31.6 Å². The Bertz CT molecular complexity index is 288. The van der Waals surface area contributed by atoms with E-state index in [0.717, 1.165) is 19.3 Å². The summed E-state index contributed by atoms with van der Waals surface area (Å²) in [5.74, 6) is -3.85. The Morgan fingerprint density at radius 3 is 2.73 bits per heavy atom. The molecule has 2 aliphatic rings. The number of hydrogen-bond donors (Lipinski definition) is 1. The molecule has 0 spiro atoms. The van der Waals surface area contributed by atoms with E-state index in [1.807, 2.05) is 0 Å². The fraction of sp³-hybridized carbons (Fsp3) is 0.727. The molecule has 0 aliphatic heterocycles. The van der Waals surface area contributed by atoms with Crippen molar-refractivity contribution in [3.8, 4) is 0 Å². The first-order valence-corrected chi connectivity index (χ1v) is 5.40. The summed E-state index contributed by atoms with van der Waals surface area (Å²) in [6, 6.07) is 0. The van der Waals surface area contributed by atoms with Crippen LogP contribution < -0.4 is 5.32 Å². The molecule has 2 rings (SSSR count). The standard InChI is InChI=1S/C11H15F2NO/c12-11(13)6-9(11)10(15)14-7-8-4-2-1-3-5-8/h1-2,8-9H,3-7H2,(H,14,15). The van der Waals surface area contributed by atoms with Gasteiger partial charge in [-0.05, 0) is 25.2 Å². The molecule has 0 aromatic carbocycles. The zero-order valence-electron chi connectivity index (χ0n) is 8.51. The van der Waals surface area contributed by atoms with Gasteiger partial charge in [0.1, 0.15) is 5.92 Å². The normalized spacial score (nSPS) is 32.4. The van der Waals surface area contributed by atoms with E-state index in [0.29, 0.717) is 12.5 Å². The van der Waals surface area contributed by atoms with Gasteiger partial charge in [-0.1, -0.05) is 12.2 Å². The van der Waals surface area contributed by atoms with Crippen molar-refractivity contribution < 1.29 is 13.6 Å². The second-order valence-corrected chi connectivity index (χ2v) is 4.41. The van der Waals surface area contributed by atoms with Crippen LogP contribution in [0.2, 0.25) is 0 Å². The summed E-state index contributed by atoms with van der Waals surface area (Å²) in [4.78, 5) is 11.3. The van der Waals surface area contributed by atoms with Crippen LogP contribution in [0.15, 0.2) is 12.2 Å². The van der Waals surface area contributed by atoms with Crippen LogP contribution in [-0.2, 0) is 4.79 Å². The monoisotopic (exact) mass is 215 g/mol. The highest BCUT2D eigenvalue weighted by atomic mass is 19.3. The lowest BCUT2D eigenvalue weighted by Crippen LogP contribution is -2.32. The molecular formula is C11H15F2NO. The Balaban J connectivity index is 1.70. The number of nitrogens with one attached hydrogen (secondary N) is 1. The molecule has 2 nitrogen and oxygen atoms in total. The highest BCUT2D eigenvalue weighted by Gasteiger charge is 2.61. The van der Waals surface area contributed by atoms with E-state index in [-0.39, 0.29) is 6.42 Å². The Morgan fingerprint density at radius 1 is 1.47 bits per heavy atom. The van der Waals surface area contributed by atoms with Crippen LogP contribution in [0.4, 0.5) is 8.78 Å². The first-order valence-electron chi connectivity index (χ1n) is 5.40. The topological polar surface area (TPSA) is 29.1 Å². The number of rotatable bonds is 3. The maximum Gasteiger partial charge on any atom is 0.260 e. The molecule has 2 atom stereocenters. The number of alkyl halides is 2. The van der Waals surface area contributed by atoms with Gasteiger partial charge in [0, 0.05) is 13.0 Å². The SMILES string of the molecule is O=C(NCC1CC=CCC1)C1CC1(F)F. The highest BCUT2D eigenvalue weighted by Crippen LogP contribution is 2.48. The summed E-state index contributed by atoms with van der Waals surface area (Å²) in [5, 5.41) is 2.62. The molecule has 0 bridgehead atoms. The third kappa shape index (κ3) is 2.55. The highest BCUT2D eigenvalue weighted by molar-refractivity contribution is 5.82. The molecule has 0 heterocycles. The van der Waals surface area contributed by atoms with Crippen LogP contribution in [-0.4, -0.2) is 18.4 Å². The minimum absolute atomic E-state index is 0.274. The lowest BCUT2D eigenvalue weighted by molar-refractivity contribution is -0.124. The Morgan fingerprint density at radius 2 is 2.20 bits per heavy atom. The van der Waals surface area contributed by atoms with Crippen molar-refractivity contribution in [3.05, 3.63) is 12.2 Å². The zero-order chi connectivity index (χ0) is 10.9. The number of allylic oxidation sites excluding steroid dienone is 2. The summed E-state index contributed by atoms with van der Waals surface area (Å²) < 4.78 is 25.1. The van der Waals surface area contributed by atoms with E-state index in [2.05, 4.69) is 17.5 Å². The summed E-state index contributed by atoms with van der Waals surface area (Å²) in [6.07, 6.45) is 6.95. The van der Waals surface area contributed by atoms with Crippen LogP contribution >= 0.6 is 0 Å². The van der Waals surface area contributed by atoms with Crippen molar-refractivity contribution in [1.29, 1.82) is 0 Å². The Hall–Kier alpha value is -0.930. The first-order chi connectivity index (χ1) is 7.09. The summed E-state index contributed by atoms with van der Waals surface area (Å²) in [6.45, 7) is 0.537. The molecule has 15 heavy (non-hydrogen) atoms. The summed E-state index contributed by atoms with van der Waals surface area (Å²) in [5.41, 5.74) is 0. The van der Waals surface area contributed by atoms with Gasteiger partial charge in [0.15, 0.2) is 0 Å². The molecule has 1 amide bonds. The molecule has 0 aromatic rings.